The van der Waals surface area contributed by atoms with E-state index in [0.717, 1.165) is 24.3 Å². The van der Waals surface area contributed by atoms with Crippen LogP contribution in [0.3, 0.4) is 0 Å². The van der Waals surface area contributed by atoms with Gasteiger partial charge in [-0.3, -0.25) is 0 Å². The third-order valence-electron chi connectivity index (χ3n) is 2.91. The van der Waals surface area contributed by atoms with E-state index in [-0.39, 0.29) is 0 Å². The molecular weight excluding hydrogens is 272 g/mol. The summed E-state index contributed by atoms with van der Waals surface area (Å²) in [7, 11) is 0. The van der Waals surface area contributed by atoms with Crippen molar-refractivity contribution in [1.29, 1.82) is 0 Å². The first-order valence-corrected chi connectivity index (χ1v) is 7.77. The monoisotopic (exact) mass is 296 g/mol. The maximum atomic E-state index is 9.72. The van der Waals surface area contributed by atoms with E-state index in [1.165, 1.54) is 0 Å². The molecule has 0 aliphatic carbocycles. The summed E-state index contributed by atoms with van der Waals surface area (Å²) in [5.74, 6) is 2.07. The van der Waals surface area contributed by atoms with Gasteiger partial charge in [-0.15, -0.1) is 0 Å². The van der Waals surface area contributed by atoms with E-state index >= 15 is 0 Å². The first-order valence-electron chi connectivity index (χ1n) is 6.61. The van der Waals surface area contributed by atoms with Gasteiger partial charge >= 0.3 is 0 Å². The van der Waals surface area contributed by atoms with Gasteiger partial charge in [-0.25, -0.2) is 0 Å². The van der Waals surface area contributed by atoms with E-state index in [9.17, 15) is 15.3 Å². The molecule has 1 aliphatic rings. The second kappa shape index (κ2) is 9.12. The van der Waals surface area contributed by atoms with Crippen molar-refractivity contribution in [2.75, 3.05) is 24.7 Å². The Morgan fingerprint density at radius 3 is 2.47 bits per heavy atom. The predicted octanol–water partition coefficient (Wildman–Crippen LogP) is -0.664. The Morgan fingerprint density at radius 2 is 1.84 bits per heavy atom. The number of ether oxygens (including phenoxy) is 2. The summed E-state index contributed by atoms with van der Waals surface area (Å²) in [5.41, 5.74) is 0. The Bertz CT molecular complexity index is 240. The first kappa shape index (κ1) is 17.2. The van der Waals surface area contributed by atoms with Crippen LogP contribution in [0.15, 0.2) is 0 Å². The summed E-state index contributed by atoms with van der Waals surface area (Å²) in [4.78, 5) is 0. The molecular formula is C12H24O6S. The smallest absolute Gasteiger partial charge is 0.186 e. The summed E-state index contributed by atoms with van der Waals surface area (Å²) < 4.78 is 10.6. The molecule has 19 heavy (non-hydrogen) atoms. The lowest BCUT2D eigenvalue weighted by molar-refractivity contribution is -0.300. The largest absolute Gasteiger partial charge is 0.394 e. The molecule has 0 aromatic heterocycles. The molecule has 7 heteroatoms. The van der Waals surface area contributed by atoms with Crippen LogP contribution in [0.5, 0.6) is 0 Å². The van der Waals surface area contributed by atoms with Gasteiger partial charge in [0.2, 0.25) is 0 Å². The van der Waals surface area contributed by atoms with Crippen molar-refractivity contribution in [2.24, 2.45) is 0 Å². The number of thioether (sulfide) groups is 1. The molecule has 1 aliphatic heterocycles. The highest BCUT2D eigenvalue weighted by molar-refractivity contribution is 7.99. The second-order valence-corrected chi connectivity index (χ2v) is 5.76. The van der Waals surface area contributed by atoms with Crippen LogP contribution < -0.4 is 0 Å². The summed E-state index contributed by atoms with van der Waals surface area (Å²) in [6.45, 7) is 2.09. The van der Waals surface area contributed by atoms with E-state index in [4.69, 9.17) is 14.6 Å². The lowest BCUT2D eigenvalue weighted by Crippen LogP contribution is -2.59. The summed E-state index contributed by atoms with van der Waals surface area (Å²) in [6, 6.07) is 0. The normalized spacial score (nSPS) is 35.5. The SMILES string of the molecule is CCCSCCCO[C@H]1O[C@H](CO)[C@@H](O)[C@H](O)[C@@H]1O. The number of aliphatic hydroxyl groups excluding tert-OH is 4. The van der Waals surface area contributed by atoms with E-state index in [1.807, 2.05) is 11.8 Å². The molecule has 0 bridgehead atoms. The van der Waals surface area contributed by atoms with Crippen LogP contribution in [0, 0.1) is 0 Å². The van der Waals surface area contributed by atoms with Crippen LogP contribution in [-0.4, -0.2) is 75.9 Å². The molecule has 1 heterocycles. The minimum absolute atomic E-state index is 0.402. The molecule has 0 unspecified atom stereocenters. The molecule has 0 aromatic rings. The molecule has 114 valence electrons. The van der Waals surface area contributed by atoms with E-state index < -0.39 is 37.3 Å². The lowest BCUT2D eigenvalue weighted by Gasteiger charge is -2.39. The first-order chi connectivity index (χ1) is 9.11. The van der Waals surface area contributed by atoms with Crippen molar-refractivity contribution in [3.63, 3.8) is 0 Å². The Morgan fingerprint density at radius 1 is 1.11 bits per heavy atom. The molecule has 0 aromatic carbocycles. The van der Waals surface area contributed by atoms with E-state index in [0.29, 0.717) is 6.61 Å². The quantitative estimate of drug-likeness (QED) is 0.441. The summed E-state index contributed by atoms with van der Waals surface area (Å²) >= 11 is 1.83. The van der Waals surface area contributed by atoms with Gasteiger partial charge in [0.15, 0.2) is 6.29 Å². The Balaban J connectivity index is 2.28. The van der Waals surface area contributed by atoms with Gasteiger partial charge in [-0.2, -0.15) is 11.8 Å². The third-order valence-corrected chi connectivity index (χ3v) is 4.19. The number of aliphatic hydroxyl groups is 4. The van der Waals surface area contributed by atoms with Crippen LogP contribution >= 0.6 is 11.8 Å². The van der Waals surface area contributed by atoms with Crippen LogP contribution in [-0.2, 0) is 9.47 Å². The number of hydrogen-bond acceptors (Lipinski definition) is 7. The molecule has 6 nitrogen and oxygen atoms in total. The van der Waals surface area contributed by atoms with Crippen LogP contribution in [0.4, 0.5) is 0 Å². The van der Waals surface area contributed by atoms with Gasteiger partial charge in [0.1, 0.15) is 24.4 Å². The maximum Gasteiger partial charge on any atom is 0.186 e. The van der Waals surface area contributed by atoms with Gasteiger partial charge in [0, 0.05) is 0 Å². The Hall–Kier alpha value is 0.110. The van der Waals surface area contributed by atoms with Crippen LogP contribution in [0.1, 0.15) is 19.8 Å². The molecule has 1 saturated heterocycles. The van der Waals surface area contributed by atoms with Crippen molar-refractivity contribution >= 4 is 11.8 Å². The van der Waals surface area contributed by atoms with Crippen molar-refractivity contribution in [1.82, 2.24) is 0 Å². The standard InChI is InChI=1S/C12H24O6S/c1-2-5-19-6-3-4-17-12-11(16)10(15)9(14)8(7-13)18-12/h8-16H,2-7H2,1H3/t8-,9-,10+,11+,12+/m1/s1. The average molecular weight is 296 g/mol. The van der Waals surface area contributed by atoms with Gasteiger partial charge < -0.3 is 29.9 Å². The number of rotatable bonds is 8. The third kappa shape index (κ3) is 5.18. The van der Waals surface area contributed by atoms with Gasteiger partial charge in [0.05, 0.1) is 13.2 Å². The van der Waals surface area contributed by atoms with Crippen molar-refractivity contribution in [3.05, 3.63) is 0 Å². The zero-order valence-corrected chi connectivity index (χ0v) is 12.0. The molecule has 5 atom stereocenters. The zero-order chi connectivity index (χ0) is 14.3. The van der Waals surface area contributed by atoms with Crippen LogP contribution in [0.2, 0.25) is 0 Å². The van der Waals surface area contributed by atoms with Gasteiger partial charge in [0.25, 0.3) is 0 Å². The second-order valence-electron chi connectivity index (χ2n) is 4.53. The van der Waals surface area contributed by atoms with Crippen molar-refractivity contribution < 1.29 is 29.9 Å². The molecule has 0 saturated carbocycles. The van der Waals surface area contributed by atoms with E-state index in [2.05, 4.69) is 6.92 Å². The molecule has 4 N–H and O–H groups in total. The molecule has 1 rings (SSSR count). The maximum absolute atomic E-state index is 9.72. The van der Waals surface area contributed by atoms with Crippen molar-refractivity contribution in [2.45, 2.75) is 50.5 Å². The highest BCUT2D eigenvalue weighted by Crippen LogP contribution is 2.22. The Kier molecular flexibility index (Phi) is 8.24. The fraction of sp³-hybridized carbons (Fsp3) is 1.00. The molecule has 0 amide bonds. The van der Waals surface area contributed by atoms with Gasteiger partial charge in [-0.05, 0) is 24.3 Å². The van der Waals surface area contributed by atoms with E-state index in [1.54, 1.807) is 0 Å². The van der Waals surface area contributed by atoms with Gasteiger partial charge in [-0.1, -0.05) is 6.92 Å². The molecule has 1 fully saturated rings. The molecule has 0 spiro atoms. The molecule has 0 radical (unpaired) electrons. The number of hydrogen-bond donors (Lipinski definition) is 4. The highest BCUT2D eigenvalue weighted by Gasteiger charge is 2.43. The summed E-state index contributed by atoms with van der Waals surface area (Å²) in [5, 5.41) is 37.9. The highest BCUT2D eigenvalue weighted by atomic mass is 32.2. The lowest BCUT2D eigenvalue weighted by atomic mass is 9.99. The fourth-order valence-electron chi connectivity index (χ4n) is 1.81. The van der Waals surface area contributed by atoms with Crippen LogP contribution in [0.25, 0.3) is 0 Å². The topological polar surface area (TPSA) is 99.4 Å². The minimum atomic E-state index is -1.37. The fourth-order valence-corrected chi connectivity index (χ4v) is 2.63. The van der Waals surface area contributed by atoms with Crippen molar-refractivity contribution in [3.8, 4) is 0 Å². The Labute approximate surface area is 117 Å². The predicted molar refractivity (Wildman–Crippen MR) is 72.0 cm³/mol. The zero-order valence-electron chi connectivity index (χ0n) is 11.1. The minimum Gasteiger partial charge on any atom is -0.394 e. The average Bonchev–Trinajstić information content (AvgIpc) is 2.42. The summed E-state index contributed by atoms with van der Waals surface area (Å²) in [6.07, 6.45) is -3.96.